The molecule has 0 aliphatic carbocycles. The van der Waals surface area contributed by atoms with Crippen LogP contribution in [0.3, 0.4) is 0 Å². The number of methoxy groups -OCH3 is 1. The summed E-state index contributed by atoms with van der Waals surface area (Å²) in [6.07, 6.45) is 1.95. The van der Waals surface area contributed by atoms with Crippen molar-refractivity contribution in [2.75, 3.05) is 20.2 Å². The number of rotatable bonds is 5. The highest BCUT2D eigenvalue weighted by Gasteiger charge is 2.33. The van der Waals surface area contributed by atoms with Crippen LogP contribution in [0.2, 0.25) is 0 Å². The van der Waals surface area contributed by atoms with Crippen molar-refractivity contribution >= 4 is 10.0 Å². The van der Waals surface area contributed by atoms with Crippen LogP contribution >= 0.6 is 0 Å². The molecule has 1 aromatic heterocycles. The normalized spacial score (nSPS) is 18.7. The van der Waals surface area contributed by atoms with E-state index in [1.807, 2.05) is 0 Å². The van der Waals surface area contributed by atoms with Gasteiger partial charge in [-0.3, -0.25) is 0 Å². The number of nitrogens with zero attached hydrogens (tertiary/aromatic N) is 3. The zero-order valence-electron chi connectivity index (χ0n) is 12.6. The molecule has 0 saturated carbocycles. The van der Waals surface area contributed by atoms with E-state index in [2.05, 4.69) is 10.2 Å². The van der Waals surface area contributed by atoms with E-state index in [9.17, 15) is 8.42 Å². The van der Waals surface area contributed by atoms with Crippen LogP contribution in [0.4, 0.5) is 0 Å². The third-order valence-electron chi connectivity index (χ3n) is 3.64. The van der Waals surface area contributed by atoms with Crippen molar-refractivity contribution in [1.29, 1.82) is 0 Å². The van der Waals surface area contributed by atoms with Gasteiger partial charge in [-0.2, -0.15) is 9.40 Å². The molecule has 1 unspecified atom stereocenters. The summed E-state index contributed by atoms with van der Waals surface area (Å²) in [5.74, 6) is 1.02. The van der Waals surface area contributed by atoms with Crippen molar-refractivity contribution in [1.82, 2.24) is 14.5 Å². The van der Waals surface area contributed by atoms with E-state index < -0.39 is 10.0 Å². The Morgan fingerprint density at radius 3 is 2.65 bits per heavy atom. The van der Waals surface area contributed by atoms with E-state index in [0.717, 1.165) is 0 Å². The minimum Gasteiger partial charge on any atom is -0.497 e. The van der Waals surface area contributed by atoms with Gasteiger partial charge in [0.1, 0.15) is 11.9 Å². The quantitative estimate of drug-likeness (QED) is 0.820. The minimum absolute atomic E-state index is 0.222. The second kappa shape index (κ2) is 6.51. The first-order valence-electron chi connectivity index (χ1n) is 7.18. The summed E-state index contributed by atoms with van der Waals surface area (Å²) in [5.41, 5.74) is 0. The summed E-state index contributed by atoms with van der Waals surface area (Å²) in [4.78, 5) is 0.249. The Labute approximate surface area is 134 Å². The van der Waals surface area contributed by atoms with Gasteiger partial charge in [-0.25, -0.2) is 8.42 Å². The molecule has 122 valence electrons. The maximum Gasteiger partial charge on any atom is 0.243 e. The summed E-state index contributed by atoms with van der Waals surface area (Å²) < 4.78 is 37.4. The molecule has 7 nitrogen and oxygen atoms in total. The Morgan fingerprint density at radius 2 is 2.00 bits per heavy atom. The van der Waals surface area contributed by atoms with Gasteiger partial charge in [0.2, 0.25) is 15.9 Å². The maximum absolute atomic E-state index is 12.6. The second-order valence-electron chi connectivity index (χ2n) is 5.13. The van der Waals surface area contributed by atoms with E-state index in [4.69, 9.17) is 9.47 Å². The standard InChI is InChI=1S/C15H17N3O4S/c1-21-12-4-6-14(7-5-12)23(19,20)18-10-8-13(11-18)22-15-3-2-9-16-17-15/h2-7,9,13H,8,10-11H2,1H3. The Bertz CT molecular complexity index is 750. The van der Waals surface area contributed by atoms with Crippen LogP contribution < -0.4 is 9.47 Å². The average Bonchev–Trinajstić information content (AvgIpc) is 3.05. The molecule has 1 atom stereocenters. The molecule has 1 aliphatic heterocycles. The highest BCUT2D eigenvalue weighted by molar-refractivity contribution is 7.89. The maximum atomic E-state index is 12.6. The van der Waals surface area contributed by atoms with Crippen molar-refractivity contribution in [2.24, 2.45) is 0 Å². The van der Waals surface area contributed by atoms with Crippen LogP contribution in [0, 0.1) is 0 Å². The van der Waals surface area contributed by atoms with Crippen LogP contribution in [0.1, 0.15) is 6.42 Å². The van der Waals surface area contributed by atoms with Gasteiger partial charge in [0.25, 0.3) is 0 Å². The molecule has 23 heavy (non-hydrogen) atoms. The monoisotopic (exact) mass is 335 g/mol. The van der Waals surface area contributed by atoms with Crippen molar-refractivity contribution in [3.05, 3.63) is 42.6 Å². The van der Waals surface area contributed by atoms with Crippen LogP contribution in [-0.2, 0) is 10.0 Å². The first kappa shape index (κ1) is 15.7. The number of benzene rings is 1. The van der Waals surface area contributed by atoms with Crippen molar-refractivity contribution in [3.63, 3.8) is 0 Å². The third-order valence-corrected chi connectivity index (χ3v) is 5.52. The van der Waals surface area contributed by atoms with Crippen LogP contribution in [0.25, 0.3) is 0 Å². The summed E-state index contributed by atoms with van der Waals surface area (Å²) in [6, 6.07) is 9.79. The van der Waals surface area contributed by atoms with Gasteiger partial charge in [-0.15, -0.1) is 5.10 Å². The van der Waals surface area contributed by atoms with Gasteiger partial charge in [-0.05, 0) is 36.8 Å². The highest BCUT2D eigenvalue weighted by Crippen LogP contribution is 2.24. The Balaban J connectivity index is 1.69. The van der Waals surface area contributed by atoms with Gasteiger partial charge < -0.3 is 9.47 Å². The molecule has 0 bridgehead atoms. The van der Waals surface area contributed by atoms with E-state index >= 15 is 0 Å². The van der Waals surface area contributed by atoms with E-state index in [1.165, 1.54) is 4.31 Å². The topological polar surface area (TPSA) is 81.6 Å². The molecule has 2 heterocycles. The smallest absolute Gasteiger partial charge is 0.243 e. The lowest BCUT2D eigenvalue weighted by atomic mass is 10.3. The van der Waals surface area contributed by atoms with Crippen LogP contribution in [0.5, 0.6) is 11.6 Å². The van der Waals surface area contributed by atoms with Gasteiger partial charge in [-0.1, -0.05) is 0 Å². The number of hydrogen-bond donors (Lipinski definition) is 0. The molecular formula is C15H17N3O4S. The highest BCUT2D eigenvalue weighted by atomic mass is 32.2. The summed E-state index contributed by atoms with van der Waals surface area (Å²) in [5, 5.41) is 7.59. The molecule has 2 aromatic rings. The SMILES string of the molecule is COc1ccc(S(=O)(=O)N2CCC(Oc3cccnn3)C2)cc1. The predicted molar refractivity (Wildman–Crippen MR) is 82.8 cm³/mol. The van der Waals surface area contributed by atoms with Gasteiger partial charge in [0.15, 0.2) is 0 Å². The van der Waals surface area contributed by atoms with Gasteiger partial charge >= 0.3 is 0 Å². The largest absolute Gasteiger partial charge is 0.497 e. The van der Waals surface area contributed by atoms with Gasteiger partial charge in [0.05, 0.1) is 18.6 Å². The minimum atomic E-state index is -3.53. The zero-order chi connectivity index (χ0) is 16.3. The lowest BCUT2D eigenvalue weighted by Crippen LogP contribution is -2.31. The third kappa shape index (κ3) is 3.43. The number of aromatic nitrogens is 2. The fourth-order valence-electron chi connectivity index (χ4n) is 2.43. The van der Waals surface area contributed by atoms with E-state index in [1.54, 1.807) is 49.7 Å². The Hall–Kier alpha value is -2.19. The summed E-state index contributed by atoms with van der Waals surface area (Å²) in [6.45, 7) is 0.713. The molecule has 0 spiro atoms. The predicted octanol–water partition coefficient (Wildman–Crippen LogP) is 1.33. The van der Waals surface area contributed by atoms with Crippen molar-refractivity contribution in [3.8, 4) is 11.6 Å². The molecule has 0 radical (unpaired) electrons. The van der Waals surface area contributed by atoms with Crippen molar-refractivity contribution < 1.29 is 17.9 Å². The molecule has 1 saturated heterocycles. The number of hydrogen-bond acceptors (Lipinski definition) is 6. The van der Waals surface area contributed by atoms with E-state index in [0.29, 0.717) is 31.1 Å². The Kier molecular flexibility index (Phi) is 4.44. The fraction of sp³-hybridized carbons (Fsp3) is 0.333. The van der Waals surface area contributed by atoms with Gasteiger partial charge in [0, 0.05) is 18.8 Å². The number of sulfonamides is 1. The zero-order valence-corrected chi connectivity index (χ0v) is 13.4. The summed E-state index contributed by atoms with van der Waals surface area (Å²) >= 11 is 0. The average molecular weight is 335 g/mol. The van der Waals surface area contributed by atoms with Crippen LogP contribution in [0.15, 0.2) is 47.5 Å². The second-order valence-corrected chi connectivity index (χ2v) is 7.07. The fourth-order valence-corrected chi connectivity index (χ4v) is 3.92. The van der Waals surface area contributed by atoms with E-state index in [-0.39, 0.29) is 11.0 Å². The van der Waals surface area contributed by atoms with Crippen LogP contribution in [-0.4, -0.2) is 49.2 Å². The molecule has 1 fully saturated rings. The molecule has 0 N–H and O–H groups in total. The lowest BCUT2D eigenvalue weighted by molar-refractivity contribution is 0.204. The first-order valence-corrected chi connectivity index (χ1v) is 8.62. The Morgan fingerprint density at radius 1 is 1.22 bits per heavy atom. The molecule has 8 heteroatoms. The molecule has 3 rings (SSSR count). The summed E-state index contributed by atoms with van der Waals surface area (Å²) in [7, 11) is -1.99. The first-order chi connectivity index (χ1) is 11.1. The van der Waals surface area contributed by atoms with Crippen molar-refractivity contribution in [2.45, 2.75) is 17.4 Å². The molecular weight excluding hydrogens is 318 g/mol. The number of ether oxygens (including phenoxy) is 2. The lowest BCUT2D eigenvalue weighted by Gasteiger charge is -2.17. The molecule has 1 aliphatic rings. The molecule has 0 amide bonds. The molecule has 1 aromatic carbocycles.